The van der Waals surface area contributed by atoms with E-state index >= 15 is 0 Å². The van der Waals surface area contributed by atoms with Gasteiger partial charge in [0.25, 0.3) is 0 Å². The van der Waals surface area contributed by atoms with Crippen molar-refractivity contribution in [2.75, 3.05) is 6.54 Å². The molecular formula is C17H33N3. The van der Waals surface area contributed by atoms with E-state index in [0.717, 1.165) is 32.4 Å². The van der Waals surface area contributed by atoms with Crippen molar-refractivity contribution < 1.29 is 0 Å². The second-order valence-corrected chi connectivity index (χ2v) is 6.01. The summed E-state index contributed by atoms with van der Waals surface area (Å²) in [7, 11) is 0. The Bertz CT molecular complexity index is 393. The second-order valence-electron chi connectivity index (χ2n) is 6.01. The number of nitrogens with zero attached hydrogens (tertiary/aromatic N) is 2. The molecule has 0 radical (unpaired) electrons. The van der Waals surface area contributed by atoms with E-state index in [1.165, 1.54) is 23.4 Å². The molecule has 0 aliphatic carbocycles. The van der Waals surface area contributed by atoms with Gasteiger partial charge in [0.1, 0.15) is 0 Å². The zero-order valence-corrected chi connectivity index (χ0v) is 14.3. The highest BCUT2D eigenvalue weighted by atomic mass is 15.3. The Hall–Kier alpha value is -0.830. The minimum absolute atomic E-state index is 0.459. The number of aryl methyl sites for hydroxylation is 1. The zero-order valence-electron chi connectivity index (χ0n) is 14.3. The van der Waals surface area contributed by atoms with Gasteiger partial charge >= 0.3 is 0 Å². The van der Waals surface area contributed by atoms with Crippen LogP contribution in [0.25, 0.3) is 0 Å². The third kappa shape index (κ3) is 4.08. The summed E-state index contributed by atoms with van der Waals surface area (Å²) in [6.07, 6.45) is 4.41. The molecule has 1 unspecified atom stereocenters. The number of nitrogens with one attached hydrogen (secondary N) is 1. The van der Waals surface area contributed by atoms with Crippen molar-refractivity contribution >= 4 is 0 Å². The van der Waals surface area contributed by atoms with Crippen LogP contribution in [0.4, 0.5) is 0 Å². The molecule has 0 bridgehead atoms. The summed E-state index contributed by atoms with van der Waals surface area (Å²) in [5.41, 5.74) is 4.20. The fourth-order valence-corrected chi connectivity index (χ4v) is 2.87. The van der Waals surface area contributed by atoms with E-state index in [4.69, 9.17) is 5.10 Å². The molecule has 116 valence electrons. The highest BCUT2D eigenvalue weighted by molar-refractivity contribution is 5.30. The van der Waals surface area contributed by atoms with E-state index in [0.29, 0.717) is 12.0 Å². The molecule has 1 aromatic heterocycles. The fourth-order valence-electron chi connectivity index (χ4n) is 2.87. The summed E-state index contributed by atoms with van der Waals surface area (Å²) in [4.78, 5) is 0. The SMILES string of the molecule is CCCNC(CC)c1c(CC)nn(CC(C)C)c1CC. The van der Waals surface area contributed by atoms with E-state index < -0.39 is 0 Å². The number of aromatic nitrogens is 2. The maximum absolute atomic E-state index is 4.89. The molecule has 20 heavy (non-hydrogen) atoms. The van der Waals surface area contributed by atoms with Crippen molar-refractivity contribution in [3.63, 3.8) is 0 Å². The van der Waals surface area contributed by atoms with Crippen LogP contribution in [0.15, 0.2) is 0 Å². The van der Waals surface area contributed by atoms with Gasteiger partial charge < -0.3 is 5.32 Å². The van der Waals surface area contributed by atoms with Crippen molar-refractivity contribution in [3.05, 3.63) is 17.0 Å². The molecule has 0 aromatic carbocycles. The topological polar surface area (TPSA) is 29.9 Å². The molecule has 1 heterocycles. The standard InChI is InChI=1S/C17H33N3/c1-7-11-18-14(8-2)17-15(9-3)19-20(12-13(5)6)16(17)10-4/h13-14,18H,7-12H2,1-6H3. The lowest BCUT2D eigenvalue weighted by Gasteiger charge is -2.19. The van der Waals surface area contributed by atoms with Gasteiger partial charge in [-0.1, -0.05) is 41.5 Å². The first-order valence-corrected chi connectivity index (χ1v) is 8.40. The molecule has 0 aliphatic rings. The van der Waals surface area contributed by atoms with Crippen molar-refractivity contribution in [1.82, 2.24) is 15.1 Å². The fraction of sp³-hybridized carbons (Fsp3) is 0.824. The lowest BCUT2D eigenvalue weighted by molar-refractivity contribution is 0.463. The van der Waals surface area contributed by atoms with E-state index in [9.17, 15) is 0 Å². The second kappa shape index (κ2) is 8.46. The Kier molecular flexibility index (Phi) is 7.28. The first kappa shape index (κ1) is 17.2. The van der Waals surface area contributed by atoms with Gasteiger partial charge in [0.05, 0.1) is 5.69 Å². The largest absolute Gasteiger partial charge is 0.310 e. The average Bonchev–Trinajstić information content (AvgIpc) is 2.76. The molecule has 0 fully saturated rings. The summed E-state index contributed by atoms with van der Waals surface area (Å²) in [6, 6.07) is 0.459. The van der Waals surface area contributed by atoms with Crippen LogP contribution in [-0.2, 0) is 19.4 Å². The van der Waals surface area contributed by atoms with Crippen molar-refractivity contribution in [2.24, 2.45) is 5.92 Å². The normalized spacial score (nSPS) is 13.2. The smallest absolute Gasteiger partial charge is 0.0672 e. The van der Waals surface area contributed by atoms with Gasteiger partial charge in [-0.05, 0) is 38.1 Å². The van der Waals surface area contributed by atoms with E-state index in [1.807, 2.05) is 0 Å². The minimum Gasteiger partial charge on any atom is -0.310 e. The predicted molar refractivity (Wildman–Crippen MR) is 87.1 cm³/mol. The molecule has 0 spiro atoms. The predicted octanol–water partition coefficient (Wildman–Crippen LogP) is 4.11. The van der Waals surface area contributed by atoms with Gasteiger partial charge in [-0.3, -0.25) is 4.68 Å². The van der Waals surface area contributed by atoms with Crippen molar-refractivity contribution in [3.8, 4) is 0 Å². The van der Waals surface area contributed by atoms with E-state index in [-0.39, 0.29) is 0 Å². The molecular weight excluding hydrogens is 246 g/mol. The van der Waals surface area contributed by atoms with Crippen LogP contribution in [0.3, 0.4) is 0 Å². The Morgan fingerprint density at radius 2 is 1.80 bits per heavy atom. The summed E-state index contributed by atoms with van der Waals surface area (Å²) >= 11 is 0. The highest BCUT2D eigenvalue weighted by Crippen LogP contribution is 2.26. The van der Waals surface area contributed by atoms with Crippen molar-refractivity contribution in [1.29, 1.82) is 0 Å². The molecule has 0 saturated heterocycles. The molecule has 1 rings (SSSR count). The Morgan fingerprint density at radius 1 is 1.10 bits per heavy atom. The molecule has 0 saturated carbocycles. The van der Waals surface area contributed by atoms with Crippen LogP contribution in [0, 0.1) is 5.92 Å². The minimum atomic E-state index is 0.459. The maximum Gasteiger partial charge on any atom is 0.0672 e. The zero-order chi connectivity index (χ0) is 15.1. The molecule has 3 heteroatoms. The Labute approximate surface area is 125 Å². The van der Waals surface area contributed by atoms with Gasteiger partial charge in [-0.2, -0.15) is 5.10 Å². The maximum atomic E-state index is 4.89. The van der Waals surface area contributed by atoms with Gasteiger partial charge in [-0.15, -0.1) is 0 Å². The Balaban J connectivity index is 3.16. The quantitative estimate of drug-likeness (QED) is 0.737. The lowest BCUT2D eigenvalue weighted by atomic mass is 9.99. The highest BCUT2D eigenvalue weighted by Gasteiger charge is 2.22. The lowest BCUT2D eigenvalue weighted by Crippen LogP contribution is -2.23. The Morgan fingerprint density at radius 3 is 2.25 bits per heavy atom. The first-order valence-electron chi connectivity index (χ1n) is 8.40. The van der Waals surface area contributed by atoms with Gasteiger partial charge in [-0.25, -0.2) is 0 Å². The van der Waals surface area contributed by atoms with Gasteiger partial charge in [0.15, 0.2) is 0 Å². The molecule has 0 aliphatic heterocycles. The van der Waals surface area contributed by atoms with Gasteiger partial charge in [0, 0.05) is 23.8 Å². The average molecular weight is 279 g/mol. The van der Waals surface area contributed by atoms with Crippen molar-refractivity contribution in [2.45, 2.75) is 79.8 Å². The van der Waals surface area contributed by atoms with E-state index in [2.05, 4.69) is 51.5 Å². The van der Waals surface area contributed by atoms with Crippen LogP contribution in [0.2, 0.25) is 0 Å². The summed E-state index contributed by atoms with van der Waals surface area (Å²) in [5.74, 6) is 0.640. The first-order chi connectivity index (χ1) is 9.58. The molecule has 1 N–H and O–H groups in total. The van der Waals surface area contributed by atoms with E-state index in [1.54, 1.807) is 0 Å². The van der Waals surface area contributed by atoms with Crippen LogP contribution in [-0.4, -0.2) is 16.3 Å². The number of hydrogen-bond donors (Lipinski definition) is 1. The number of hydrogen-bond acceptors (Lipinski definition) is 2. The number of rotatable bonds is 9. The summed E-state index contributed by atoms with van der Waals surface area (Å²) in [6.45, 7) is 15.6. The van der Waals surface area contributed by atoms with Crippen LogP contribution in [0.1, 0.15) is 77.4 Å². The molecule has 1 atom stereocenters. The monoisotopic (exact) mass is 279 g/mol. The molecule has 3 nitrogen and oxygen atoms in total. The third-order valence-electron chi connectivity index (χ3n) is 3.78. The van der Waals surface area contributed by atoms with Crippen LogP contribution < -0.4 is 5.32 Å². The molecule has 0 amide bonds. The third-order valence-corrected chi connectivity index (χ3v) is 3.78. The molecule has 1 aromatic rings. The van der Waals surface area contributed by atoms with Crippen LogP contribution >= 0.6 is 0 Å². The van der Waals surface area contributed by atoms with Crippen LogP contribution in [0.5, 0.6) is 0 Å². The summed E-state index contributed by atoms with van der Waals surface area (Å²) < 4.78 is 2.26. The van der Waals surface area contributed by atoms with Gasteiger partial charge in [0.2, 0.25) is 0 Å². The summed E-state index contributed by atoms with van der Waals surface area (Å²) in [5, 5.41) is 8.59.